The summed E-state index contributed by atoms with van der Waals surface area (Å²) in [7, 11) is 1.77. The molecule has 0 aliphatic heterocycles. The summed E-state index contributed by atoms with van der Waals surface area (Å²) in [4.78, 5) is 17.0. The first-order valence-corrected chi connectivity index (χ1v) is 8.37. The van der Waals surface area contributed by atoms with E-state index in [1.54, 1.807) is 11.6 Å². The normalized spacial score (nSPS) is 11.5. The Morgan fingerprint density at radius 1 is 1.04 bits per heavy atom. The Labute approximate surface area is 146 Å². The van der Waals surface area contributed by atoms with Gasteiger partial charge in [0.15, 0.2) is 0 Å². The van der Waals surface area contributed by atoms with Gasteiger partial charge in [-0.1, -0.05) is 15.9 Å². The Bertz CT molecular complexity index is 1150. The molecule has 4 aromatic rings. The van der Waals surface area contributed by atoms with Crippen molar-refractivity contribution in [2.45, 2.75) is 13.8 Å². The third-order valence-electron chi connectivity index (χ3n) is 4.13. The van der Waals surface area contributed by atoms with Crippen molar-refractivity contribution in [1.82, 2.24) is 19.2 Å². The van der Waals surface area contributed by atoms with Gasteiger partial charge in [0.2, 0.25) is 0 Å². The Morgan fingerprint density at radius 3 is 2.46 bits per heavy atom. The summed E-state index contributed by atoms with van der Waals surface area (Å²) in [5.74, 6) is 0. The lowest BCUT2D eigenvalue weighted by Crippen LogP contribution is -2.19. The van der Waals surface area contributed by atoms with Gasteiger partial charge in [-0.05, 0) is 44.2 Å². The highest BCUT2D eigenvalue weighted by atomic mass is 79.9. The maximum Gasteiger partial charge on any atom is 0.261 e. The molecule has 0 fully saturated rings. The molecule has 3 aromatic heterocycles. The maximum atomic E-state index is 12.6. The minimum absolute atomic E-state index is 0.0291. The lowest BCUT2D eigenvalue weighted by molar-refractivity contribution is 0.850. The summed E-state index contributed by atoms with van der Waals surface area (Å²) in [5.41, 5.74) is 5.24. The predicted octanol–water partition coefficient (Wildman–Crippen LogP) is 3.63. The molecule has 0 aliphatic rings. The average Bonchev–Trinajstić information content (AvgIpc) is 2.97. The predicted molar refractivity (Wildman–Crippen MR) is 98.3 cm³/mol. The number of benzene rings is 1. The topological polar surface area (TPSA) is 52.2 Å². The first-order chi connectivity index (χ1) is 11.4. The van der Waals surface area contributed by atoms with E-state index in [0.717, 1.165) is 38.3 Å². The monoisotopic (exact) mass is 382 g/mol. The minimum Gasteiger partial charge on any atom is -0.296 e. The molecule has 6 heteroatoms. The Balaban J connectivity index is 2.11. The number of fused-ring (bicyclic) bond motifs is 3. The SMILES string of the molecule is Cc1cc(-c2cc3n(C)c(=O)c4ccc(Br)cc4n3n2)cc(C)n1. The fraction of sp³-hybridized carbons (Fsp3) is 0.167. The van der Waals surface area contributed by atoms with E-state index >= 15 is 0 Å². The average molecular weight is 383 g/mol. The molecule has 1 aromatic carbocycles. The lowest BCUT2D eigenvalue weighted by atomic mass is 10.1. The largest absolute Gasteiger partial charge is 0.296 e. The zero-order valence-corrected chi connectivity index (χ0v) is 15.1. The molecule has 0 spiro atoms. The summed E-state index contributed by atoms with van der Waals surface area (Å²) >= 11 is 3.47. The van der Waals surface area contributed by atoms with Crippen LogP contribution < -0.4 is 5.56 Å². The fourth-order valence-electron chi connectivity index (χ4n) is 3.06. The van der Waals surface area contributed by atoms with E-state index in [9.17, 15) is 4.79 Å². The highest BCUT2D eigenvalue weighted by Crippen LogP contribution is 2.24. The molecule has 0 radical (unpaired) electrons. The Hall–Kier alpha value is -2.47. The van der Waals surface area contributed by atoms with Crippen molar-refractivity contribution >= 4 is 32.5 Å². The van der Waals surface area contributed by atoms with E-state index in [1.165, 1.54) is 0 Å². The number of hydrogen-bond acceptors (Lipinski definition) is 3. The van der Waals surface area contributed by atoms with Crippen LogP contribution in [0.15, 0.2) is 45.7 Å². The molecule has 0 N–H and O–H groups in total. The van der Waals surface area contributed by atoms with Crippen molar-refractivity contribution in [2.24, 2.45) is 7.05 Å². The number of halogens is 1. The van der Waals surface area contributed by atoms with E-state index in [1.807, 2.05) is 54.8 Å². The summed E-state index contributed by atoms with van der Waals surface area (Å²) < 4.78 is 4.37. The standard InChI is InChI=1S/C18H15BrN4O/c1-10-6-12(7-11(2)20-10)15-9-17-22(3)18(24)14-5-4-13(19)8-16(14)23(17)21-15/h4-9H,1-3H3. The zero-order chi connectivity index (χ0) is 17.0. The molecule has 5 nitrogen and oxygen atoms in total. The molecule has 0 unspecified atom stereocenters. The van der Waals surface area contributed by atoms with Crippen LogP contribution in [0.5, 0.6) is 0 Å². The third kappa shape index (κ3) is 2.26. The van der Waals surface area contributed by atoms with Gasteiger partial charge < -0.3 is 0 Å². The summed E-state index contributed by atoms with van der Waals surface area (Å²) in [5, 5.41) is 5.39. The van der Waals surface area contributed by atoms with E-state index in [0.29, 0.717) is 5.39 Å². The van der Waals surface area contributed by atoms with Crippen LogP contribution in [0.3, 0.4) is 0 Å². The molecule has 0 aliphatic carbocycles. The molecule has 0 amide bonds. The first kappa shape index (κ1) is 15.1. The van der Waals surface area contributed by atoms with Crippen LogP contribution in [0.4, 0.5) is 0 Å². The number of nitrogens with zero attached hydrogens (tertiary/aromatic N) is 4. The second-order valence-electron chi connectivity index (χ2n) is 5.96. The van der Waals surface area contributed by atoms with Crippen LogP contribution in [-0.2, 0) is 7.05 Å². The van der Waals surface area contributed by atoms with E-state index in [4.69, 9.17) is 5.10 Å². The van der Waals surface area contributed by atoms with Crippen LogP contribution >= 0.6 is 15.9 Å². The molecule has 120 valence electrons. The van der Waals surface area contributed by atoms with Gasteiger partial charge >= 0.3 is 0 Å². The highest BCUT2D eigenvalue weighted by molar-refractivity contribution is 9.10. The van der Waals surface area contributed by atoms with Crippen molar-refractivity contribution in [3.63, 3.8) is 0 Å². The molecular weight excluding hydrogens is 368 g/mol. The van der Waals surface area contributed by atoms with Crippen molar-refractivity contribution in [3.05, 3.63) is 62.6 Å². The Kier molecular flexibility index (Phi) is 3.31. The number of aromatic nitrogens is 4. The molecule has 0 saturated heterocycles. The second kappa shape index (κ2) is 5.27. The van der Waals surface area contributed by atoms with Gasteiger partial charge in [0, 0.05) is 34.5 Å². The first-order valence-electron chi connectivity index (χ1n) is 7.58. The van der Waals surface area contributed by atoms with Gasteiger partial charge in [0.05, 0.1) is 16.6 Å². The number of aryl methyl sites for hydroxylation is 3. The Morgan fingerprint density at radius 2 is 1.75 bits per heavy atom. The van der Waals surface area contributed by atoms with E-state index < -0.39 is 0 Å². The zero-order valence-electron chi connectivity index (χ0n) is 13.5. The van der Waals surface area contributed by atoms with Crippen LogP contribution in [0.25, 0.3) is 27.8 Å². The van der Waals surface area contributed by atoms with Crippen molar-refractivity contribution in [1.29, 1.82) is 0 Å². The number of pyridine rings is 1. The van der Waals surface area contributed by atoms with Crippen LogP contribution in [0.2, 0.25) is 0 Å². The van der Waals surface area contributed by atoms with Gasteiger partial charge in [-0.25, -0.2) is 4.52 Å². The lowest BCUT2D eigenvalue weighted by Gasteiger charge is -2.06. The molecule has 0 saturated carbocycles. The molecule has 0 atom stereocenters. The highest BCUT2D eigenvalue weighted by Gasteiger charge is 2.13. The second-order valence-corrected chi connectivity index (χ2v) is 6.88. The van der Waals surface area contributed by atoms with E-state index in [-0.39, 0.29) is 5.56 Å². The summed E-state index contributed by atoms with van der Waals surface area (Å²) in [6.45, 7) is 3.93. The molecule has 0 bridgehead atoms. The van der Waals surface area contributed by atoms with E-state index in [2.05, 4.69) is 20.9 Å². The van der Waals surface area contributed by atoms with Crippen molar-refractivity contribution in [2.75, 3.05) is 0 Å². The fourth-order valence-corrected chi connectivity index (χ4v) is 3.41. The van der Waals surface area contributed by atoms with Crippen molar-refractivity contribution < 1.29 is 0 Å². The third-order valence-corrected chi connectivity index (χ3v) is 4.63. The summed E-state index contributed by atoms with van der Waals surface area (Å²) in [6, 6.07) is 11.6. The van der Waals surface area contributed by atoms with Crippen molar-refractivity contribution in [3.8, 4) is 11.3 Å². The van der Waals surface area contributed by atoms with Crippen LogP contribution in [0.1, 0.15) is 11.4 Å². The van der Waals surface area contributed by atoms with Gasteiger partial charge in [0.1, 0.15) is 5.65 Å². The molecular formula is C18H15BrN4O. The van der Waals surface area contributed by atoms with Gasteiger partial charge in [-0.15, -0.1) is 0 Å². The van der Waals surface area contributed by atoms with Gasteiger partial charge in [-0.3, -0.25) is 14.3 Å². The number of hydrogen-bond donors (Lipinski definition) is 0. The van der Waals surface area contributed by atoms with Crippen LogP contribution in [0, 0.1) is 13.8 Å². The number of rotatable bonds is 1. The van der Waals surface area contributed by atoms with Gasteiger partial charge in [0.25, 0.3) is 5.56 Å². The molecule has 24 heavy (non-hydrogen) atoms. The summed E-state index contributed by atoms with van der Waals surface area (Å²) in [6.07, 6.45) is 0. The smallest absolute Gasteiger partial charge is 0.261 e. The molecule has 4 rings (SSSR count). The van der Waals surface area contributed by atoms with Crippen LogP contribution in [-0.4, -0.2) is 19.2 Å². The molecule has 3 heterocycles. The maximum absolute atomic E-state index is 12.6. The quantitative estimate of drug-likeness (QED) is 0.505. The van der Waals surface area contributed by atoms with Gasteiger partial charge in [-0.2, -0.15) is 5.10 Å². The minimum atomic E-state index is -0.0291.